The SMILES string of the molecule is Cc1sc2nc(SC(C)C(=O)NC(C)c3ccc(F)cc3)n(C)c(=O)c2c1C. The molecule has 1 N–H and O–H groups in total. The Morgan fingerprint density at radius 2 is 1.89 bits per heavy atom. The number of carbonyl (C=O) groups excluding carboxylic acids is 1. The average Bonchev–Trinajstić information content (AvgIpc) is 2.93. The van der Waals surface area contributed by atoms with Crippen molar-refractivity contribution in [2.24, 2.45) is 7.05 Å². The summed E-state index contributed by atoms with van der Waals surface area (Å²) in [5.74, 6) is -0.484. The highest BCUT2D eigenvalue weighted by molar-refractivity contribution is 8.00. The highest BCUT2D eigenvalue weighted by Gasteiger charge is 2.21. The molecule has 1 amide bonds. The fourth-order valence-electron chi connectivity index (χ4n) is 2.84. The number of thioether (sulfide) groups is 1. The molecule has 1 aromatic carbocycles. The van der Waals surface area contributed by atoms with Crippen LogP contribution in [-0.2, 0) is 11.8 Å². The molecule has 0 saturated heterocycles. The molecule has 5 nitrogen and oxygen atoms in total. The van der Waals surface area contributed by atoms with Crippen molar-refractivity contribution in [2.75, 3.05) is 0 Å². The van der Waals surface area contributed by atoms with Crippen molar-refractivity contribution in [2.45, 2.75) is 44.1 Å². The van der Waals surface area contributed by atoms with Crippen LogP contribution in [0.3, 0.4) is 0 Å². The maximum absolute atomic E-state index is 13.1. The summed E-state index contributed by atoms with van der Waals surface area (Å²) in [4.78, 5) is 31.7. The lowest BCUT2D eigenvalue weighted by molar-refractivity contribution is -0.120. The van der Waals surface area contributed by atoms with Gasteiger partial charge in [-0.25, -0.2) is 9.37 Å². The van der Waals surface area contributed by atoms with Gasteiger partial charge in [-0.1, -0.05) is 23.9 Å². The zero-order valence-corrected chi connectivity index (χ0v) is 18.0. The molecule has 0 fully saturated rings. The standard InChI is InChI=1S/C20H22FN3O2S2/c1-10-12(3)27-18-16(10)19(26)24(5)20(23-18)28-13(4)17(25)22-11(2)14-6-8-15(21)9-7-14/h6-9,11,13H,1-5H3,(H,22,25). The van der Waals surface area contributed by atoms with E-state index in [0.717, 1.165) is 16.0 Å². The first-order valence-electron chi connectivity index (χ1n) is 8.88. The topological polar surface area (TPSA) is 64.0 Å². The zero-order chi connectivity index (χ0) is 20.6. The Kier molecular flexibility index (Phi) is 5.90. The van der Waals surface area contributed by atoms with Gasteiger partial charge in [0.25, 0.3) is 5.56 Å². The van der Waals surface area contributed by atoms with E-state index in [9.17, 15) is 14.0 Å². The predicted molar refractivity (Wildman–Crippen MR) is 113 cm³/mol. The van der Waals surface area contributed by atoms with Crippen molar-refractivity contribution >= 4 is 39.2 Å². The van der Waals surface area contributed by atoms with Crippen molar-refractivity contribution in [1.82, 2.24) is 14.9 Å². The number of benzene rings is 1. The average molecular weight is 420 g/mol. The summed E-state index contributed by atoms with van der Waals surface area (Å²) in [5, 5.41) is 3.64. The minimum absolute atomic E-state index is 0.0957. The summed E-state index contributed by atoms with van der Waals surface area (Å²) >= 11 is 2.74. The molecule has 2 atom stereocenters. The fourth-order valence-corrected chi connectivity index (χ4v) is 4.79. The number of carbonyl (C=O) groups is 1. The van der Waals surface area contributed by atoms with E-state index in [4.69, 9.17) is 0 Å². The monoisotopic (exact) mass is 419 g/mol. The van der Waals surface area contributed by atoms with E-state index in [0.29, 0.717) is 15.4 Å². The van der Waals surface area contributed by atoms with Crippen LogP contribution in [0.4, 0.5) is 4.39 Å². The van der Waals surface area contributed by atoms with E-state index in [-0.39, 0.29) is 23.3 Å². The number of thiophene rings is 1. The number of aromatic nitrogens is 2. The summed E-state index contributed by atoms with van der Waals surface area (Å²) in [7, 11) is 1.68. The van der Waals surface area contributed by atoms with Gasteiger partial charge in [0, 0.05) is 11.9 Å². The first-order chi connectivity index (χ1) is 13.2. The van der Waals surface area contributed by atoms with Gasteiger partial charge in [0.15, 0.2) is 5.16 Å². The van der Waals surface area contributed by atoms with E-state index in [1.165, 1.54) is 39.8 Å². The lowest BCUT2D eigenvalue weighted by Crippen LogP contribution is -2.33. The Labute approximate surface area is 171 Å². The molecule has 28 heavy (non-hydrogen) atoms. The third-order valence-electron chi connectivity index (χ3n) is 4.75. The molecule has 3 rings (SSSR count). The van der Waals surface area contributed by atoms with Gasteiger partial charge in [-0.3, -0.25) is 14.2 Å². The Morgan fingerprint density at radius 1 is 1.25 bits per heavy atom. The van der Waals surface area contributed by atoms with E-state index >= 15 is 0 Å². The van der Waals surface area contributed by atoms with Crippen LogP contribution in [0.2, 0.25) is 0 Å². The van der Waals surface area contributed by atoms with Gasteiger partial charge in [0.05, 0.1) is 16.7 Å². The molecule has 2 aromatic heterocycles. The quantitative estimate of drug-likeness (QED) is 0.499. The molecule has 2 unspecified atom stereocenters. The van der Waals surface area contributed by atoms with Gasteiger partial charge in [-0.2, -0.15) is 0 Å². The molecule has 3 aromatic rings. The number of nitrogens with one attached hydrogen (secondary N) is 1. The Morgan fingerprint density at radius 3 is 2.54 bits per heavy atom. The highest BCUT2D eigenvalue weighted by Crippen LogP contribution is 2.29. The molecular weight excluding hydrogens is 397 g/mol. The minimum atomic E-state index is -0.444. The van der Waals surface area contributed by atoms with Crippen molar-refractivity contribution in [1.29, 1.82) is 0 Å². The number of aryl methyl sites for hydroxylation is 2. The van der Waals surface area contributed by atoms with Gasteiger partial charge >= 0.3 is 0 Å². The molecule has 148 valence electrons. The number of nitrogens with zero attached hydrogens (tertiary/aromatic N) is 2. The second kappa shape index (κ2) is 8.05. The van der Waals surface area contributed by atoms with Gasteiger partial charge in [0.2, 0.25) is 5.91 Å². The molecule has 0 radical (unpaired) electrons. The third kappa shape index (κ3) is 3.98. The van der Waals surface area contributed by atoms with Crippen molar-refractivity contribution < 1.29 is 9.18 Å². The van der Waals surface area contributed by atoms with Crippen LogP contribution in [-0.4, -0.2) is 20.7 Å². The summed E-state index contributed by atoms with van der Waals surface area (Å²) in [5.41, 5.74) is 1.69. The summed E-state index contributed by atoms with van der Waals surface area (Å²) in [6.07, 6.45) is 0. The van der Waals surface area contributed by atoms with Gasteiger partial charge in [-0.15, -0.1) is 11.3 Å². The summed E-state index contributed by atoms with van der Waals surface area (Å²) < 4.78 is 14.6. The van der Waals surface area contributed by atoms with Crippen LogP contribution >= 0.6 is 23.1 Å². The van der Waals surface area contributed by atoms with Crippen LogP contribution in [0.15, 0.2) is 34.2 Å². The number of fused-ring (bicyclic) bond motifs is 1. The minimum Gasteiger partial charge on any atom is -0.349 e. The van der Waals surface area contributed by atoms with Gasteiger partial charge < -0.3 is 5.32 Å². The van der Waals surface area contributed by atoms with Crippen molar-refractivity contribution in [3.8, 4) is 0 Å². The number of rotatable bonds is 5. The molecular formula is C20H22FN3O2S2. The molecule has 8 heteroatoms. The fraction of sp³-hybridized carbons (Fsp3) is 0.350. The first-order valence-corrected chi connectivity index (χ1v) is 10.6. The first kappa shape index (κ1) is 20.5. The van der Waals surface area contributed by atoms with Gasteiger partial charge in [-0.05, 0) is 51.0 Å². The Hall–Kier alpha value is -2.19. The molecule has 0 aliphatic carbocycles. The Bertz CT molecular complexity index is 1090. The third-order valence-corrected chi connectivity index (χ3v) is 6.99. The van der Waals surface area contributed by atoms with E-state index in [1.807, 2.05) is 20.8 Å². The van der Waals surface area contributed by atoms with Crippen LogP contribution in [0.25, 0.3) is 10.2 Å². The molecule has 0 bridgehead atoms. The van der Waals surface area contributed by atoms with Crippen LogP contribution in [0.5, 0.6) is 0 Å². The largest absolute Gasteiger partial charge is 0.349 e. The predicted octanol–water partition coefficient (Wildman–Crippen LogP) is 4.11. The lowest BCUT2D eigenvalue weighted by Gasteiger charge is -2.18. The lowest BCUT2D eigenvalue weighted by atomic mass is 10.1. The van der Waals surface area contributed by atoms with Crippen molar-refractivity contribution in [3.05, 3.63) is 56.4 Å². The zero-order valence-electron chi connectivity index (χ0n) is 16.4. The van der Waals surface area contributed by atoms with E-state index in [2.05, 4.69) is 10.3 Å². The molecule has 0 aliphatic rings. The maximum atomic E-state index is 13.1. The molecule has 0 spiro atoms. The number of hydrogen-bond donors (Lipinski definition) is 1. The number of amides is 1. The van der Waals surface area contributed by atoms with Gasteiger partial charge in [0.1, 0.15) is 10.6 Å². The molecule has 2 heterocycles. The normalized spacial score (nSPS) is 13.5. The summed E-state index contributed by atoms with van der Waals surface area (Å²) in [6, 6.07) is 5.79. The highest BCUT2D eigenvalue weighted by atomic mass is 32.2. The Balaban J connectivity index is 1.77. The second-order valence-corrected chi connectivity index (χ2v) is 9.28. The molecule has 0 aliphatic heterocycles. The van der Waals surface area contributed by atoms with Crippen LogP contribution in [0.1, 0.15) is 35.9 Å². The number of hydrogen-bond acceptors (Lipinski definition) is 5. The van der Waals surface area contributed by atoms with Crippen molar-refractivity contribution in [3.63, 3.8) is 0 Å². The summed E-state index contributed by atoms with van der Waals surface area (Å²) in [6.45, 7) is 7.52. The number of halogens is 1. The van der Waals surface area contributed by atoms with Crippen LogP contribution in [0, 0.1) is 19.7 Å². The van der Waals surface area contributed by atoms with E-state index < -0.39 is 5.25 Å². The second-order valence-electron chi connectivity index (χ2n) is 6.76. The maximum Gasteiger partial charge on any atom is 0.262 e. The molecule has 0 saturated carbocycles. The smallest absolute Gasteiger partial charge is 0.262 e. The van der Waals surface area contributed by atoms with Crippen LogP contribution < -0.4 is 10.9 Å². The van der Waals surface area contributed by atoms with E-state index in [1.54, 1.807) is 26.1 Å².